The first kappa shape index (κ1) is 25.2. The van der Waals surface area contributed by atoms with Crippen molar-refractivity contribution < 1.29 is 4.79 Å². The molecule has 1 aromatic carbocycles. The monoisotopic (exact) mass is 419 g/mol. The van der Waals surface area contributed by atoms with Gasteiger partial charge in [-0.25, -0.2) is 0 Å². The van der Waals surface area contributed by atoms with Crippen LogP contribution in [0.25, 0.3) is 0 Å². The van der Waals surface area contributed by atoms with E-state index in [1.807, 2.05) is 12.9 Å². The van der Waals surface area contributed by atoms with Gasteiger partial charge in [-0.2, -0.15) is 5.10 Å². The lowest BCUT2D eigenvalue weighted by atomic mass is 9.95. The standard InChI is InChI=1S/C23H36ClN3.CH2O/c1-7-11-26(12-8-2)23-15-22(19(6)13-17(3)4)27(25-23)16-20-14-21(24)10-9-18(20)5;1-2/h9-10,14-15,17,19H,7-8,11-13,16H2,1-6H3;1H2. The second-order valence-electron chi connectivity index (χ2n) is 8.17. The van der Waals surface area contributed by atoms with E-state index in [9.17, 15) is 0 Å². The number of benzene rings is 1. The lowest BCUT2D eigenvalue weighted by Crippen LogP contribution is -2.25. The minimum atomic E-state index is 0.482. The molecule has 0 N–H and O–H groups in total. The molecule has 0 saturated carbocycles. The predicted octanol–water partition coefficient (Wildman–Crippen LogP) is 6.48. The number of rotatable bonds is 10. The van der Waals surface area contributed by atoms with Crippen LogP contribution in [-0.2, 0) is 11.3 Å². The Bertz CT molecular complexity index is 736. The smallest absolute Gasteiger partial charge is 0.150 e. The van der Waals surface area contributed by atoms with Crippen LogP contribution in [-0.4, -0.2) is 29.7 Å². The summed E-state index contributed by atoms with van der Waals surface area (Å²) in [5.41, 5.74) is 3.83. The Balaban J connectivity index is 0.00000204. The highest BCUT2D eigenvalue weighted by molar-refractivity contribution is 6.30. The van der Waals surface area contributed by atoms with Gasteiger partial charge >= 0.3 is 0 Å². The summed E-state index contributed by atoms with van der Waals surface area (Å²) in [7, 11) is 0. The second-order valence-corrected chi connectivity index (χ2v) is 8.61. The number of nitrogens with zero attached hydrogens (tertiary/aromatic N) is 3. The molecule has 0 aliphatic carbocycles. The molecule has 0 bridgehead atoms. The van der Waals surface area contributed by atoms with Gasteiger partial charge in [-0.05, 0) is 61.3 Å². The highest BCUT2D eigenvalue weighted by Gasteiger charge is 2.19. The maximum atomic E-state index is 8.00. The molecule has 162 valence electrons. The number of aryl methyl sites for hydroxylation is 1. The molecule has 0 amide bonds. The second kappa shape index (κ2) is 12.7. The Kier molecular flexibility index (Phi) is 11.0. The minimum absolute atomic E-state index is 0.482. The van der Waals surface area contributed by atoms with Gasteiger partial charge in [0.05, 0.1) is 6.54 Å². The van der Waals surface area contributed by atoms with E-state index < -0.39 is 0 Å². The Labute approximate surface area is 182 Å². The average molecular weight is 420 g/mol. The van der Waals surface area contributed by atoms with Crippen LogP contribution >= 0.6 is 11.6 Å². The topological polar surface area (TPSA) is 38.1 Å². The van der Waals surface area contributed by atoms with Crippen molar-refractivity contribution in [3.8, 4) is 0 Å². The third kappa shape index (κ3) is 7.50. The van der Waals surface area contributed by atoms with Crippen LogP contribution in [0.1, 0.15) is 76.6 Å². The molecule has 2 rings (SSSR count). The zero-order chi connectivity index (χ0) is 22.0. The molecule has 29 heavy (non-hydrogen) atoms. The van der Waals surface area contributed by atoms with Gasteiger partial charge in [-0.1, -0.05) is 52.3 Å². The maximum Gasteiger partial charge on any atom is 0.150 e. The lowest BCUT2D eigenvalue weighted by molar-refractivity contribution is -0.0979. The van der Waals surface area contributed by atoms with E-state index in [-0.39, 0.29) is 0 Å². The fourth-order valence-electron chi connectivity index (χ4n) is 3.78. The lowest BCUT2D eigenvalue weighted by Gasteiger charge is -2.20. The number of halogens is 1. The number of anilines is 1. The first-order valence-electron chi connectivity index (χ1n) is 10.7. The van der Waals surface area contributed by atoms with Crippen molar-refractivity contribution in [1.82, 2.24) is 9.78 Å². The summed E-state index contributed by atoms with van der Waals surface area (Å²) in [5.74, 6) is 2.27. The normalized spacial score (nSPS) is 11.9. The number of hydrogen-bond donors (Lipinski definition) is 0. The molecule has 1 aromatic heterocycles. The largest absolute Gasteiger partial charge is 0.355 e. The number of aromatic nitrogens is 2. The summed E-state index contributed by atoms with van der Waals surface area (Å²) in [6.45, 7) is 18.4. The third-order valence-electron chi connectivity index (χ3n) is 5.07. The summed E-state index contributed by atoms with van der Waals surface area (Å²) in [5, 5.41) is 5.83. The maximum absolute atomic E-state index is 8.00. The van der Waals surface area contributed by atoms with Crippen LogP contribution in [0.15, 0.2) is 24.3 Å². The van der Waals surface area contributed by atoms with Crippen LogP contribution in [0.4, 0.5) is 5.82 Å². The van der Waals surface area contributed by atoms with Gasteiger partial charge in [-0.15, -0.1) is 0 Å². The van der Waals surface area contributed by atoms with Gasteiger partial charge in [0.2, 0.25) is 0 Å². The van der Waals surface area contributed by atoms with Gasteiger partial charge in [0.25, 0.3) is 0 Å². The Hall–Kier alpha value is -1.81. The van der Waals surface area contributed by atoms with Crippen molar-refractivity contribution in [2.45, 2.75) is 73.3 Å². The van der Waals surface area contributed by atoms with Gasteiger partial charge < -0.3 is 9.69 Å². The zero-order valence-corrected chi connectivity index (χ0v) is 19.8. The van der Waals surface area contributed by atoms with Crippen LogP contribution in [0.3, 0.4) is 0 Å². The Morgan fingerprint density at radius 2 is 1.72 bits per heavy atom. The highest BCUT2D eigenvalue weighted by Crippen LogP contribution is 2.28. The first-order valence-corrected chi connectivity index (χ1v) is 11.1. The molecule has 0 spiro atoms. The van der Waals surface area contributed by atoms with E-state index in [1.165, 1.54) is 23.2 Å². The molecule has 0 aliphatic heterocycles. The van der Waals surface area contributed by atoms with Gasteiger partial charge in [0.1, 0.15) is 6.79 Å². The van der Waals surface area contributed by atoms with Crippen molar-refractivity contribution in [3.63, 3.8) is 0 Å². The molecule has 1 atom stereocenters. The Morgan fingerprint density at radius 3 is 2.28 bits per heavy atom. The molecular weight excluding hydrogens is 382 g/mol. The van der Waals surface area contributed by atoms with E-state index in [1.54, 1.807) is 0 Å². The number of carbonyl (C=O) groups excluding carboxylic acids is 1. The third-order valence-corrected chi connectivity index (χ3v) is 5.31. The van der Waals surface area contributed by atoms with Gasteiger partial charge in [0.15, 0.2) is 5.82 Å². The summed E-state index contributed by atoms with van der Waals surface area (Å²) >= 11 is 6.25. The molecular formula is C24H38ClN3O. The van der Waals surface area contributed by atoms with Crippen molar-refractivity contribution >= 4 is 24.2 Å². The van der Waals surface area contributed by atoms with E-state index in [4.69, 9.17) is 21.5 Å². The fourth-order valence-corrected chi connectivity index (χ4v) is 3.97. The summed E-state index contributed by atoms with van der Waals surface area (Å²) in [6, 6.07) is 8.45. The quantitative estimate of drug-likeness (QED) is 0.442. The average Bonchev–Trinajstić information content (AvgIpc) is 3.09. The van der Waals surface area contributed by atoms with Crippen LogP contribution in [0.2, 0.25) is 5.02 Å². The molecule has 0 fully saturated rings. The molecule has 2 aromatic rings. The number of hydrogen-bond acceptors (Lipinski definition) is 3. The van der Waals surface area contributed by atoms with Crippen LogP contribution in [0.5, 0.6) is 0 Å². The van der Waals surface area contributed by atoms with E-state index >= 15 is 0 Å². The molecule has 0 saturated heterocycles. The number of carbonyl (C=O) groups is 1. The summed E-state index contributed by atoms with van der Waals surface area (Å²) in [4.78, 5) is 10.4. The zero-order valence-electron chi connectivity index (χ0n) is 19.0. The summed E-state index contributed by atoms with van der Waals surface area (Å²) in [6.07, 6.45) is 3.44. The Morgan fingerprint density at radius 1 is 1.10 bits per heavy atom. The molecule has 4 nitrogen and oxygen atoms in total. The van der Waals surface area contributed by atoms with Crippen LogP contribution < -0.4 is 4.90 Å². The van der Waals surface area contributed by atoms with Crippen molar-refractivity contribution in [2.75, 3.05) is 18.0 Å². The summed E-state index contributed by atoms with van der Waals surface area (Å²) < 4.78 is 2.21. The fraction of sp³-hybridized carbons (Fsp3) is 0.583. The van der Waals surface area contributed by atoms with Crippen molar-refractivity contribution in [3.05, 3.63) is 46.1 Å². The molecule has 0 aliphatic rings. The predicted molar refractivity (Wildman–Crippen MR) is 125 cm³/mol. The minimum Gasteiger partial charge on any atom is -0.355 e. The van der Waals surface area contributed by atoms with Crippen LogP contribution in [0, 0.1) is 12.8 Å². The SMILES string of the molecule is C=O.CCCN(CCC)c1cc(C(C)CC(C)C)n(Cc2cc(Cl)ccc2C)n1. The highest BCUT2D eigenvalue weighted by atomic mass is 35.5. The molecule has 1 heterocycles. The van der Waals surface area contributed by atoms with Gasteiger partial charge in [0, 0.05) is 29.9 Å². The van der Waals surface area contributed by atoms with Crippen molar-refractivity contribution in [1.29, 1.82) is 0 Å². The van der Waals surface area contributed by atoms with E-state index in [0.29, 0.717) is 11.8 Å². The van der Waals surface area contributed by atoms with Gasteiger partial charge in [-0.3, -0.25) is 4.68 Å². The molecule has 5 heteroatoms. The van der Waals surface area contributed by atoms with E-state index in [2.05, 4.69) is 69.3 Å². The van der Waals surface area contributed by atoms with Crippen molar-refractivity contribution in [2.24, 2.45) is 5.92 Å². The van der Waals surface area contributed by atoms with E-state index in [0.717, 1.165) is 43.3 Å². The molecule has 1 unspecified atom stereocenters. The molecule has 0 radical (unpaired) electrons. The first-order chi connectivity index (χ1) is 13.8.